The summed E-state index contributed by atoms with van der Waals surface area (Å²) in [6.45, 7) is 4.02. The average molecular weight is 288 g/mol. The number of hydrogen-bond donors (Lipinski definition) is 2. The molecule has 0 unspecified atom stereocenters. The first kappa shape index (κ1) is 16.5. The van der Waals surface area contributed by atoms with Crippen molar-refractivity contribution in [3.05, 3.63) is 29.8 Å². The van der Waals surface area contributed by atoms with Crippen molar-refractivity contribution in [2.45, 2.75) is 26.3 Å². The van der Waals surface area contributed by atoms with E-state index in [0.717, 1.165) is 0 Å². The maximum Gasteiger partial charge on any atom is 0.251 e. The number of anilines is 1. The molecular weight excluding hydrogens is 268 g/mol. The molecule has 1 aromatic rings. The number of benzene rings is 1. The molecule has 112 valence electrons. The van der Waals surface area contributed by atoms with Crippen molar-refractivity contribution < 1.29 is 9.59 Å². The molecule has 0 aliphatic rings. The van der Waals surface area contributed by atoms with Gasteiger partial charge in [-0.15, -0.1) is 0 Å². The van der Waals surface area contributed by atoms with Crippen LogP contribution in [-0.4, -0.2) is 35.8 Å². The molecule has 0 fully saturated rings. The minimum Gasteiger partial charge on any atom is -0.399 e. The van der Waals surface area contributed by atoms with Crippen molar-refractivity contribution in [3.63, 3.8) is 0 Å². The Kier molecular flexibility index (Phi) is 6.21. The van der Waals surface area contributed by atoms with Gasteiger partial charge in [0.25, 0.3) is 5.91 Å². The van der Waals surface area contributed by atoms with Crippen molar-refractivity contribution in [3.8, 4) is 6.07 Å². The third-order valence-electron chi connectivity index (χ3n) is 2.98. The van der Waals surface area contributed by atoms with Crippen molar-refractivity contribution in [2.75, 3.05) is 18.8 Å². The van der Waals surface area contributed by atoms with Gasteiger partial charge in [-0.2, -0.15) is 5.26 Å². The lowest BCUT2D eigenvalue weighted by atomic mass is 10.2. The van der Waals surface area contributed by atoms with Gasteiger partial charge in [0.05, 0.1) is 19.0 Å². The Hall–Kier alpha value is -2.55. The standard InChI is InChI=1S/C15H20N4O2/c1-11(2)19(9-3-8-16)14(20)10-18-15(21)12-4-6-13(17)7-5-12/h4-7,11H,3,9-10,17H2,1-2H3,(H,18,21). The number of nitrogens with two attached hydrogens (primary N) is 1. The number of nitrogen functional groups attached to an aromatic ring is 1. The second-order valence-electron chi connectivity index (χ2n) is 4.89. The zero-order chi connectivity index (χ0) is 15.8. The van der Waals surface area contributed by atoms with Crippen molar-refractivity contribution in [2.24, 2.45) is 0 Å². The number of carbonyl (C=O) groups excluding carboxylic acids is 2. The zero-order valence-electron chi connectivity index (χ0n) is 12.3. The summed E-state index contributed by atoms with van der Waals surface area (Å²) < 4.78 is 0. The minimum atomic E-state index is -0.327. The molecule has 21 heavy (non-hydrogen) atoms. The summed E-state index contributed by atoms with van der Waals surface area (Å²) in [6.07, 6.45) is 0.274. The van der Waals surface area contributed by atoms with Gasteiger partial charge in [-0.25, -0.2) is 0 Å². The fourth-order valence-electron chi connectivity index (χ4n) is 1.84. The molecule has 0 saturated carbocycles. The van der Waals surface area contributed by atoms with E-state index in [1.54, 1.807) is 29.2 Å². The Balaban J connectivity index is 2.56. The van der Waals surface area contributed by atoms with Crippen LogP contribution in [0, 0.1) is 11.3 Å². The van der Waals surface area contributed by atoms with E-state index in [0.29, 0.717) is 17.8 Å². The van der Waals surface area contributed by atoms with E-state index in [9.17, 15) is 9.59 Å². The third-order valence-corrected chi connectivity index (χ3v) is 2.98. The first-order valence-corrected chi connectivity index (χ1v) is 6.76. The van der Waals surface area contributed by atoms with E-state index in [-0.39, 0.29) is 30.8 Å². The zero-order valence-corrected chi connectivity index (χ0v) is 12.3. The first-order valence-electron chi connectivity index (χ1n) is 6.76. The molecule has 6 heteroatoms. The highest BCUT2D eigenvalue weighted by atomic mass is 16.2. The first-order chi connectivity index (χ1) is 9.95. The Bertz CT molecular complexity index is 532. The molecule has 2 amide bonds. The molecule has 0 saturated heterocycles. The Labute approximate surface area is 124 Å². The van der Waals surface area contributed by atoms with Crippen LogP contribution in [0.1, 0.15) is 30.6 Å². The van der Waals surface area contributed by atoms with E-state index in [1.807, 2.05) is 19.9 Å². The van der Waals surface area contributed by atoms with E-state index >= 15 is 0 Å². The van der Waals surface area contributed by atoms with Crippen LogP contribution in [-0.2, 0) is 4.79 Å². The van der Waals surface area contributed by atoms with Crippen molar-refractivity contribution >= 4 is 17.5 Å². The minimum absolute atomic E-state index is 0.0146. The van der Waals surface area contributed by atoms with Gasteiger partial charge < -0.3 is 16.0 Å². The average Bonchev–Trinajstić information content (AvgIpc) is 2.45. The Morgan fingerprint density at radius 2 is 1.95 bits per heavy atom. The third kappa shape index (κ3) is 5.15. The molecule has 0 aromatic heterocycles. The quantitative estimate of drug-likeness (QED) is 0.767. The number of carbonyl (C=O) groups is 2. The maximum atomic E-state index is 12.1. The molecule has 0 atom stereocenters. The number of nitrogens with one attached hydrogen (secondary N) is 1. The Morgan fingerprint density at radius 3 is 2.48 bits per heavy atom. The Morgan fingerprint density at radius 1 is 1.33 bits per heavy atom. The molecule has 1 rings (SSSR count). The number of nitriles is 1. The second-order valence-corrected chi connectivity index (χ2v) is 4.89. The number of rotatable bonds is 6. The van der Waals surface area contributed by atoms with Crippen LogP contribution in [0.5, 0.6) is 0 Å². The molecule has 6 nitrogen and oxygen atoms in total. The predicted molar refractivity (Wildman–Crippen MR) is 80.3 cm³/mol. The molecule has 3 N–H and O–H groups in total. The summed E-state index contributed by atoms with van der Waals surface area (Å²) in [7, 11) is 0. The van der Waals surface area contributed by atoms with Crippen LogP contribution in [0.4, 0.5) is 5.69 Å². The summed E-state index contributed by atoms with van der Waals surface area (Å²) in [4.78, 5) is 25.5. The van der Waals surface area contributed by atoms with Gasteiger partial charge in [0.2, 0.25) is 5.91 Å². The van der Waals surface area contributed by atoms with E-state index in [2.05, 4.69) is 5.32 Å². The normalized spacial score (nSPS) is 10.0. The highest BCUT2D eigenvalue weighted by Crippen LogP contribution is 2.05. The van der Waals surface area contributed by atoms with E-state index in [4.69, 9.17) is 11.0 Å². The van der Waals surface area contributed by atoms with Crippen LogP contribution in [0.15, 0.2) is 24.3 Å². The fourth-order valence-corrected chi connectivity index (χ4v) is 1.84. The van der Waals surface area contributed by atoms with Gasteiger partial charge in [0.1, 0.15) is 0 Å². The fraction of sp³-hybridized carbons (Fsp3) is 0.400. The lowest BCUT2D eigenvalue weighted by Gasteiger charge is -2.25. The van der Waals surface area contributed by atoms with E-state index < -0.39 is 0 Å². The molecule has 1 aromatic carbocycles. The van der Waals surface area contributed by atoms with Crippen LogP contribution >= 0.6 is 0 Å². The lowest BCUT2D eigenvalue weighted by Crippen LogP contribution is -2.44. The summed E-state index contributed by atoms with van der Waals surface area (Å²) >= 11 is 0. The molecule has 0 bridgehead atoms. The highest BCUT2D eigenvalue weighted by molar-refractivity contribution is 5.96. The number of nitrogens with zero attached hydrogens (tertiary/aromatic N) is 2. The predicted octanol–water partition coefficient (Wildman–Crippen LogP) is 1.15. The van der Waals surface area contributed by atoms with E-state index in [1.165, 1.54) is 0 Å². The van der Waals surface area contributed by atoms with Gasteiger partial charge in [-0.1, -0.05) is 0 Å². The van der Waals surface area contributed by atoms with Crippen LogP contribution < -0.4 is 11.1 Å². The monoisotopic (exact) mass is 288 g/mol. The van der Waals surface area contributed by atoms with Crippen LogP contribution in [0.25, 0.3) is 0 Å². The molecule has 0 aliphatic carbocycles. The molecular formula is C15H20N4O2. The van der Waals surface area contributed by atoms with Gasteiger partial charge in [0.15, 0.2) is 0 Å². The summed E-state index contributed by atoms with van der Waals surface area (Å²) in [5, 5.41) is 11.2. The van der Waals surface area contributed by atoms with Crippen LogP contribution in [0.3, 0.4) is 0 Å². The SMILES string of the molecule is CC(C)N(CCC#N)C(=O)CNC(=O)c1ccc(N)cc1. The molecule has 0 radical (unpaired) electrons. The van der Waals surface area contributed by atoms with Crippen molar-refractivity contribution in [1.82, 2.24) is 10.2 Å². The molecule has 0 aliphatic heterocycles. The summed E-state index contributed by atoms with van der Waals surface area (Å²) in [5.74, 6) is -0.531. The summed E-state index contributed by atoms with van der Waals surface area (Å²) in [6, 6.07) is 8.46. The van der Waals surface area contributed by atoms with Gasteiger partial charge in [0, 0.05) is 23.8 Å². The van der Waals surface area contributed by atoms with Gasteiger partial charge in [-0.05, 0) is 38.1 Å². The maximum absolute atomic E-state index is 12.1. The van der Waals surface area contributed by atoms with Crippen molar-refractivity contribution in [1.29, 1.82) is 5.26 Å². The highest BCUT2D eigenvalue weighted by Gasteiger charge is 2.17. The lowest BCUT2D eigenvalue weighted by molar-refractivity contribution is -0.131. The van der Waals surface area contributed by atoms with Crippen LogP contribution in [0.2, 0.25) is 0 Å². The smallest absolute Gasteiger partial charge is 0.251 e. The second kappa shape index (κ2) is 7.90. The molecule has 0 spiro atoms. The largest absolute Gasteiger partial charge is 0.399 e. The summed E-state index contributed by atoms with van der Waals surface area (Å²) in [5.41, 5.74) is 6.57. The van der Waals surface area contributed by atoms with Gasteiger partial charge in [-0.3, -0.25) is 9.59 Å². The topological polar surface area (TPSA) is 99.2 Å². The molecule has 0 heterocycles. The van der Waals surface area contributed by atoms with Gasteiger partial charge >= 0.3 is 0 Å². The number of amides is 2. The number of hydrogen-bond acceptors (Lipinski definition) is 4.